The Morgan fingerprint density at radius 3 is 2.89 bits per heavy atom. The van der Waals surface area contributed by atoms with Crippen molar-refractivity contribution in [2.45, 2.75) is 57.6 Å². The standard InChI is InChI=1S/C15H31NO3/c1-3-6-15-13-14(7-10-19-15)16-8-4-5-9-18-12-11-17-2/h14-16H,3-13H2,1-2H3. The van der Waals surface area contributed by atoms with E-state index in [4.69, 9.17) is 14.2 Å². The maximum Gasteiger partial charge on any atom is 0.0700 e. The van der Waals surface area contributed by atoms with Crippen LogP contribution in [0.25, 0.3) is 0 Å². The SMILES string of the molecule is CCCC1CC(NCCCCOCCOC)CCO1. The maximum absolute atomic E-state index is 5.76. The van der Waals surface area contributed by atoms with Crippen molar-refractivity contribution >= 4 is 0 Å². The predicted octanol–water partition coefficient (Wildman–Crippen LogP) is 2.37. The third kappa shape index (κ3) is 8.58. The molecule has 1 rings (SSSR count). The molecule has 19 heavy (non-hydrogen) atoms. The number of methoxy groups -OCH3 is 1. The van der Waals surface area contributed by atoms with Crippen LogP contribution in [-0.4, -0.2) is 52.2 Å². The van der Waals surface area contributed by atoms with Gasteiger partial charge in [-0.3, -0.25) is 0 Å². The zero-order valence-electron chi connectivity index (χ0n) is 12.7. The van der Waals surface area contributed by atoms with Gasteiger partial charge in [-0.1, -0.05) is 13.3 Å². The van der Waals surface area contributed by atoms with Crippen molar-refractivity contribution in [3.63, 3.8) is 0 Å². The largest absolute Gasteiger partial charge is 0.382 e. The minimum absolute atomic E-state index is 0.480. The summed E-state index contributed by atoms with van der Waals surface area (Å²) in [5.74, 6) is 0. The molecule has 2 unspecified atom stereocenters. The Kier molecular flexibility index (Phi) is 10.4. The highest BCUT2D eigenvalue weighted by Gasteiger charge is 2.20. The molecule has 0 amide bonds. The molecular formula is C15H31NO3. The van der Waals surface area contributed by atoms with Gasteiger partial charge in [0.1, 0.15) is 0 Å². The molecule has 0 aromatic carbocycles. The molecular weight excluding hydrogens is 242 g/mol. The van der Waals surface area contributed by atoms with E-state index in [1.807, 2.05) is 0 Å². The van der Waals surface area contributed by atoms with Crippen LogP contribution in [0.4, 0.5) is 0 Å². The molecule has 1 aliphatic heterocycles. The van der Waals surface area contributed by atoms with E-state index in [1.54, 1.807) is 7.11 Å². The van der Waals surface area contributed by atoms with E-state index in [1.165, 1.54) is 25.7 Å². The summed E-state index contributed by atoms with van der Waals surface area (Å²) in [6, 6.07) is 0.653. The monoisotopic (exact) mass is 273 g/mol. The van der Waals surface area contributed by atoms with Gasteiger partial charge in [-0.2, -0.15) is 0 Å². The van der Waals surface area contributed by atoms with E-state index in [-0.39, 0.29) is 0 Å². The first-order valence-corrected chi connectivity index (χ1v) is 7.78. The summed E-state index contributed by atoms with van der Waals surface area (Å²) in [6.07, 6.45) is 7.54. The smallest absolute Gasteiger partial charge is 0.0700 e. The Hall–Kier alpha value is -0.160. The van der Waals surface area contributed by atoms with Crippen LogP contribution < -0.4 is 5.32 Å². The second kappa shape index (κ2) is 11.6. The number of rotatable bonds is 11. The van der Waals surface area contributed by atoms with Crippen molar-refractivity contribution < 1.29 is 14.2 Å². The molecule has 4 heteroatoms. The molecule has 1 N–H and O–H groups in total. The van der Waals surface area contributed by atoms with Gasteiger partial charge in [0.2, 0.25) is 0 Å². The topological polar surface area (TPSA) is 39.7 Å². The Labute approximate surface area is 118 Å². The van der Waals surface area contributed by atoms with Crippen LogP contribution in [0.15, 0.2) is 0 Å². The molecule has 0 saturated carbocycles. The third-order valence-electron chi connectivity index (χ3n) is 3.56. The van der Waals surface area contributed by atoms with Crippen LogP contribution in [-0.2, 0) is 14.2 Å². The summed E-state index contributed by atoms with van der Waals surface area (Å²) in [4.78, 5) is 0. The lowest BCUT2D eigenvalue weighted by Gasteiger charge is -2.30. The maximum atomic E-state index is 5.76. The van der Waals surface area contributed by atoms with Gasteiger partial charge >= 0.3 is 0 Å². The van der Waals surface area contributed by atoms with Gasteiger partial charge in [-0.15, -0.1) is 0 Å². The molecule has 114 valence electrons. The lowest BCUT2D eigenvalue weighted by atomic mass is 10.00. The molecule has 4 nitrogen and oxygen atoms in total. The summed E-state index contributed by atoms with van der Waals surface area (Å²) in [6.45, 7) is 6.49. The van der Waals surface area contributed by atoms with Crippen molar-refractivity contribution in [1.29, 1.82) is 0 Å². The summed E-state index contributed by atoms with van der Waals surface area (Å²) < 4.78 is 16.1. The fourth-order valence-electron chi connectivity index (χ4n) is 2.47. The van der Waals surface area contributed by atoms with Crippen molar-refractivity contribution in [2.75, 3.05) is 40.1 Å². The molecule has 0 spiro atoms. The quantitative estimate of drug-likeness (QED) is 0.587. The van der Waals surface area contributed by atoms with Crippen molar-refractivity contribution in [3.8, 4) is 0 Å². The van der Waals surface area contributed by atoms with Crippen molar-refractivity contribution in [3.05, 3.63) is 0 Å². The number of unbranched alkanes of at least 4 members (excludes halogenated alkanes) is 1. The van der Waals surface area contributed by atoms with Crippen LogP contribution in [0.5, 0.6) is 0 Å². The van der Waals surface area contributed by atoms with E-state index in [2.05, 4.69) is 12.2 Å². The number of nitrogens with one attached hydrogen (secondary N) is 1. The predicted molar refractivity (Wildman–Crippen MR) is 77.6 cm³/mol. The zero-order chi connectivity index (χ0) is 13.8. The van der Waals surface area contributed by atoms with Gasteiger partial charge in [0.15, 0.2) is 0 Å². The third-order valence-corrected chi connectivity index (χ3v) is 3.56. The van der Waals surface area contributed by atoms with Crippen LogP contribution in [0.3, 0.4) is 0 Å². The molecule has 0 aliphatic carbocycles. The zero-order valence-corrected chi connectivity index (χ0v) is 12.7. The normalized spacial score (nSPS) is 23.7. The molecule has 1 heterocycles. The second-order valence-corrected chi connectivity index (χ2v) is 5.27. The average molecular weight is 273 g/mol. The first-order chi connectivity index (χ1) is 9.36. The summed E-state index contributed by atoms with van der Waals surface area (Å²) in [5, 5.41) is 3.65. The minimum atomic E-state index is 0.480. The summed E-state index contributed by atoms with van der Waals surface area (Å²) in [7, 11) is 1.70. The number of hydrogen-bond acceptors (Lipinski definition) is 4. The molecule has 0 aromatic heterocycles. The van der Waals surface area contributed by atoms with Gasteiger partial charge in [0.25, 0.3) is 0 Å². The molecule has 0 aromatic rings. The van der Waals surface area contributed by atoms with Crippen LogP contribution >= 0.6 is 0 Å². The van der Waals surface area contributed by atoms with Crippen LogP contribution in [0.2, 0.25) is 0 Å². The average Bonchev–Trinajstić information content (AvgIpc) is 2.43. The highest BCUT2D eigenvalue weighted by molar-refractivity contribution is 4.76. The molecule has 1 saturated heterocycles. The highest BCUT2D eigenvalue weighted by atomic mass is 16.5. The molecule has 1 aliphatic rings. The van der Waals surface area contributed by atoms with Gasteiger partial charge in [0.05, 0.1) is 19.3 Å². The Morgan fingerprint density at radius 1 is 1.21 bits per heavy atom. The van der Waals surface area contributed by atoms with Crippen molar-refractivity contribution in [1.82, 2.24) is 5.32 Å². The Bertz CT molecular complexity index is 200. The molecule has 1 fully saturated rings. The lowest BCUT2D eigenvalue weighted by molar-refractivity contribution is -0.00323. The molecule has 0 bridgehead atoms. The Balaban J connectivity index is 1.91. The van der Waals surface area contributed by atoms with E-state index in [0.29, 0.717) is 25.4 Å². The van der Waals surface area contributed by atoms with E-state index in [0.717, 1.165) is 32.6 Å². The fraction of sp³-hybridized carbons (Fsp3) is 1.00. The van der Waals surface area contributed by atoms with Crippen LogP contribution in [0.1, 0.15) is 45.4 Å². The van der Waals surface area contributed by atoms with Crippen LogP contribution in [0, 0.1) is 0 Å². The van der Waals surface area contributed by atoms with Gasteiger partial charge in [-0.25, -0.2) is 0 Å². The van der Waals surface area contributed by atoms with E-state index in [9.17, 15) is 0 Å². The van der Waals surface area contributed by atoms with Gasteiger partial charge < -0.3 is 19.5 Å². The fourth-order valence-corrected chi connectivity index (χ4v) is 2.47. The lowest BCUT2D eigenvalue weighted by Crippen LogP contribution is -2.39. The molecule has 2 atom stereocenters. The van der Waals surface area contributed by atoms with Crippen molar-refractivity contribution in [2.24, 2.45) is 0 Å². The van der Waals surface area contributed by atoms with E-state index >= 15 is 0 Å². The Morgan fingerprint density at radius 2 is 2.11 bits per heavy atom. The van der Waals surface area contributed by atoms with Gasteiger partial charge in [0, 0.05) is 26.4 Å². The number of hydrogen-bond donors (Lipinski definition) is 1. The molecule has 0 radical (unpaired) electrons. The van der Waals surface area contributed by atoms with Gasteiger partial charge in [-0.05, 0) is 38.6 Å². The first-order valence-electron chi connectivity index (χ1n) is 7.78. The number of ether oxygens (including phenoxy) is 3. The highest BCUT2D eigenvalue weighted by Crippen LogP contribution is 2.17. The second-order valence-electron chi connectivity index (χ2n) is 5.27. The minimum Gasteiger partial charge on any atom is -0.382 e. The summed E-state index contributed by atoms with van der Waals surface area (Å²) >= 11 is 0. The first kappa shape index (κ1) is 16.9. The summed E-state index contributed by atoms with van der Waals surface area (Å²) in [5.41, 5.74) is 0. The van der Waals surface area contributed by atoms with E-state index < -0.39 is 0 Å².